The smallest absolute Gasteiger partial charge is 0.233 e. The highest BCUT2D eigenvalue weighted by atomic mass is 16.2. The minimum absolute atomic E-state index is 0.162. The van der Waals surface area contributed by atoms with Crippen molar-refractivity contribution in [1.82, 2.24) is 4.90 Å². The fourth-order valence-electron chi connectivity index (χ4n) is 3.02. The van der Waals surface area contributed by atoms with Crippen molar-refractivity contribution >= 4 is 5.91 Å². The predicted molar refractivity (Wildman–Crippen MR) is 72.5 cm³/mol. The molecule has 0 N–H and O–H groups in total. The molecule has 1 aromatic rings. The number of nitrogens with zero attached hydrogens (tertiary/aromatic N) is 1. The first-order valence-electron chi connectivity index (χ1n) is 7.09. The maximum atomic E-state index is 12.7. The number of aryl methyl sites for hydroxylation is 1. The summed E-state index contributed by atoms with van der Waals surface area (Å²) in [4.78, 5) is 14.8. The normalized spacial score (nSPS) is 21.7. The van der Waals surface area contributed by atoms with Gasteiger partial charge in [0.2, 0.25) is 5.91 Å². The van der Waals surface area contributed by atoms with Crippen LogP contribution < -0.4 is 0 Å². The molecule has 1 saturated carbocycles. The van der Waals surface area contributed by atoms with Crippen molar-refractivity contribution in [3.63, 3.8) is 0 Å². The third-order valence-corrected chi connectivity index (χ3v) is 4.41. The number of amides is 1. The molecule has 1 aromatic carbocycles. The second-order valence-corrected chi connectivity index (χ2v) is 5.80. The molecule has 0 bridgehead atoms. The van der Waals surface area contributed by atoms with Crippen LogP contribution in [0.15, 0.2) is 24.3 Å². The zero-order valence-corrected chi connectivity index (χ0v) is 11.1. The summed E-state index contributed by atoms with van der Waals surface area (Å²) in [5.74, 6) is 0.381. The molecule has 0 atom stereocenters. The molecule has 2 fully saturated rings. The van der Waals surface area contributed by atoms with Gasteiger partial charge in [0.15, 0.2) is 0 Å². The van der Waals surface area contributed by atoms with Crippen LogP contribution in [0.25, 0.3) is 0 Å². The number of piperidine rings is 1. The summed E-state index contributed by atoms with van der Waals surface area (Å²) in [7, 11) is 0. The van der Waals surface area contributed by atoms with Gasteiger partial charge in [-0.05, 0) is 44.6 Å². The van der Waals surface area contributed by atoms with Gasteiger partial charge in [-0.2, -0.15) is 0 Å². The van der Waals surface area contributed by atoms with Crippen LogP contribution in [0.1, 0.15) is 43.2 Å². The van der Waals surface area contributed by atoms with Gasteiger partial charge in [0.25, 0.3) is 0 Å². The van der Waals surface area contributed by atoms with Gasteiger partial charge in [-0.3, -0.25) is 4.79 Å². The standard InChI is InChI=1S/C16H21NO/c1-13-5-7-14(8-6-13)16(9-10-16)15(18)17-11-3-2-4-12-17/h5-8H,2-4,9-12H2,1H3. The summed E-state index contributed by atoms with van der Waals surface area (Å²) >= 11 is 0. The Bertz CT molecular complexity index is 439. The number of hydrogen-bond donors (Lipinski definition) is 0. The lowest BCUT2D eigenvalue weighted by molar-refractivity contribution is -0.134. The van der Waals surface area contributed by atoms with Crippen molar-refractivity contribution in [3.05, 3.63) is 35.4 Å². The number of rotatable bonds is 2. The summed E-state index contributed by atoms with van der Waals surface area (Å²) < 4.78 is 0. The van der Waals surface area contributed by atoms with E-state index in [-0.39, 0.29) is 5.41 Å². The number of carbonyl (C=O) groups is 1. The molecule has 2 aliphatic rings. The Balaban J connectivity index is 1.81. The van der Waals surface area contributed by atoms with E-state index in [1.165, 1.54) is 30.4 Å². The van der Waals surface area contributed by atoms with Gasteiger partial charge in [-0.25, -0.2) is 0 Å². The Hall–Kier alpha value is -1.31. The third kappa shape index (κ3) is 1.94. The van der Waals surface area contributed by atoms with Gasteiger partial charge in [0.05, 0.1) is 5.41 Å². The molecule has 2 nitrogen and oxygen atoms in total. The highest BCUT2D eigenvalue weighted by molar-refractivity contribution is 5.91. The van der Waals surface area contributed by atoms with Crippen molar-refractivity contribution in [2.24, 2.45) is 0 Å². The maximum Gasteiger partial charge on any atom is 0.233 e. The molecule has 1 aliphatic heterocycles. The van der Waals surface area contributed by atoms with E-state index in [0.717, 1.165) is 25.9 Å². The zero-order chi connectivity index (χ0) is 12.6. The molecule has 1 saturated heterocycles. The van der Waals surface area contributed by atoms with E-state index in [0.29, 0.717) is 5.91 Å². The van der Waals surface area contributed by atoms with Crippen LogP contribution in [-0.2, 0) is 10.2 Å². The van der Waals surface area contributed by atoms with Crippen molar-refractivity contribution in [3.8, 4) is 0 Å². The molecule has 18 heavy (non-hydrogen) atoms. The van der Waals surface area contributed by atoms with Crippen LogP contribution in [0, 0.1) is 6.92 Å². The predicted octanol–water partition coefficient (Wildman–Crippen LogP) is 3.04. The van der Waals surface area contributed by atoms with E-state index in [4.69, 9.17) is 0 Å². The molecule has 96 valence electrons. The summed E-state index contributed by atoms with van der Waals surface area (Å²) in [6, 6.07) is 8.53. The van der Waals surface area contributed by atoms with E-state index < -0.39 is 0 Å². The lowest BCUT2D eigenvalue weighted by Crippen LogP contribution is -2.42. The van der Waals surface area contributed by atoms with Gasteiger partial charge >= 0.3 is 0 Å². The van der Waals surface area contributed by atoms with Crippen molar-refractivity contribution in [2.45, 2.75) is 44.4 Å². The topological polar surface area (TPSA) is 20.3 Å². The quantitative estimate of drug-likeness (QED) is 0.782. The molecule has 1 amide bonds. The first-order chi connectivity index (χ1) is 8.72. The number of carbonyl (C=O) groups excluding carboxylic acids is 1. The fourth-order valence-corrected chi connectivity index (χ4v) is 3.02. The van der Waals surface area contributed by atoms with E-state index in [1.54, 1.807) is 0 Å². The van der Waals surface area contributed by atoms with E-state index in [2.05, 4.69) is 36.1 Å². The van der Waals surface area contributed by atoms with Crippen molar-refractivity contribution < 1.29 is 4.79 Å². The maximum absolute atomic E-state index is 12.7. The van der Waals surface area contributed by atoms with Gasteiger partial charge in [0.1, 0.15) is 0 Å². The highest BCUT2D eigenvalue weighted by Gasteiger charge is 2.52. The summed E-state index contributed by atoms with van der Waals surface area (Å²) in [5, 5.41) is 0. The van der Waals surface area contributed by atoms with E-state index in [9.17, 15) is 4.79 Å². The lowest BCUT2D eigenvalue weighted by atomic mass is 9.92. The Morgan fingerprint density at radius 2 is 1.67 bits per heavy atom. The third-order valence-electron chi connectivity index (χ3n) is 4.41. The average molecular weight is 243 g/mol. The van der Waals surface area contributed by atoms with Gasteiger partial charge in [-0.1, -0.05) is 29.8 Å². The Kier molecular flexibility index (Phi) is 2.89. The molecular formula is C16H21NO. The average Bonchev–Trinajstić information content (AvgIpc) is 3.21. The zero-order valence-electron chi connectivity index (χ0n) is 11.1. The SMILES string of the molecule is Cc1ccc(C2(C(=O)N3CCCCC3)CC2)cc1. The Morgan fingerprint density at radius 1 is 1.06 bits per heavy atom. The fraction of sp³-hybridized carbons (Fsp3) is 0.562. The van der Waals surface area contributed by atoms with Crippen LogP contribution in [0.5, 0.6) is 0 Å². The van der Waals surface area contributed by atoms with Crippen LogP contribution in [0.4, 0.5) is 0 Å². The number of hydrogen-bond acceptors (Lipinski definition) is 1. The van der Waals surface area contributed by atoms with Crippen LogP contribution >= 0.6 is 0 Å². The van der Waals surface area contributed by atoms with Crippen LogP contribution in [0.2, 0.25) is 0 Å². The molecule has 0 radical (unpaired) electrons. The van der Waals surface area contributed by atoms with Crippen molar-refractivity contribution in [2.75, 3.05) is 13.1 Å². The molecule has 1 heterocycles. The Labute approximate surface area is 109 Å². The number of benzene rings is 1. The van der Waals surface area contributed by atoms with Gasteiger partial charge in [0, 0.05) is 13.1 Å². The Morgan fingerprint density at radius 3 is 2.22 bits per heavy atom. The molecule has 0 aromatic heterocycles. The van der Waals surface area contributed by atoms with Crippen LogP contribution in [-0.4, -0.2) is 23.9 Å². The van der Waals surface area contributed by atoms with Crippen molar-refractivity contribution in [1.29, 1.82) is 0 Å². The molecule has 0 spiro atoms. The van der Waals surface area contributed by atoms with Gasteiger partial charge in [-0.15, -0.1) is 0 Å². The van der Waals surface area contributed by atoms with E-state index in [1.807, 2.05) is 0 Å². The van der Waals surface area contributed by atoms with E-state index >= 15 is 0 Å². The lowest BCUT2D eigenvalue weighted by Gasteiger charge is -2.30. The minimum atomic E-state index is -0.162. The van der Waals surface area contributed by atoms with Gasteiger partial charge < -0.3 is 4.90 Å². The molecular weight excluding hydrogens is 222 g/mol. The highest BCUT2D eigenvalue weighted by Crippen LogP contribution is 2.49. The second-order valence-electron chi connectivity index (χ2n) is 5.80. The number of likely N-dealkylation sites (tertiary alicyclic amines) is 1. The monoisotopic (exact) mass is 243 g/mol. The minimum Gasteiger partial charge on any atom is -0.342 e. The molecule has 3 rings (SSSR count). The summed E-state index contributed by atoms with van der Waals surface area (Å²) in [5.41, 5.74) is 2.33. The molecule has 0 unspecified atom stereocenters. The largest absolute Gasteiger partial charge is 0.342 e. The molecule has 1 aliphatic carbocycles. The first kappa shape index (κ1) is 11.8. The second kappa shape index (κ2) is 4.42. The molecule has 2 heteroatoms. The first-order valence-corrected chi connectivity index (χ1v) is 7.09. The summed E-state index contributed by atoms with van der Waals surface area (Å²) in [6.45, 7) is 4.02. The van der Waals surface area contributed by atoms with Crippen LogP contribution in [0.3, 0.4) is 0 Å². The summed E-state index contributed by atoms with van der Waals surface area (Å²) in [6.07, 6.45) is 5.70.